The van der Waals surface area contributed by atoms with Gasteiger partial charge in [0.05, 0.1) is 6.42 Å². The van der Waals surface area contributed by atoms with E-state index in [2.05, 4.69) is 29.6 Å². The lowest BCUT2D eigenvalue weighted by atomic mass is 9.98. The predicted molar refractivity (Wildman–Crippen MR) is 119 cm³/mol. The molecule has 32 heavy (non-hydrogen) atoms. The number of aliphatic carboxylic acids is 1. The molecule has 168 valence electrons. The van der Waals surface area contributed by atoms with Crippen LogP contribution < -0.4 is 5.32 Å². The summed E-state index contributed by atoms with van der Waals surface area (Å²) in [6, 6.07) is 16.0. The molecule has 0 saturated heterocycles. The number of benzene rings is 2. The number of carboxylic acids is 1. The number of fused-ring (bicyclic) bond motifs is 3. The summed E-state index contributed by atoms with van der Waals surface area (Å²) < 4.78 is 5.54. The second kappa shape index (κ2) is 9.42. The smallest absolute Gasteiger partial charge is 0.407 e. The normalized spacial score (nSPS) is 15.4. The van der Waals surface area contributed by atoms with E-state index in [-0.39, 0.29) is 43.9 Å². The number of amides is 2. The van der Waals surface area contributed by atoms with Gasteiger partial charge in [-0.2, -0.15) is 0 Å². The minimum absolute atomic E-state index is 0.0218. The first-order valence-electron chi connectivity index (χ1n) is 11.1. The molecule has 0 heterocycles. The molecule has 2 aromatic rings. The Balaban J connectivity index is 1.30. The number of nitrogens with zero attached hydrogens (tertiary/aromatic N) is 1. The highest BCUT2D eigenvalue weighted by Crippen LogP contribution is 2.44. The van der Waals surface area contributed by atoms with Gasteiger partial charge < -0.3 is 20.1 Å². The molecule has 0 radical (unpaired) electrons. The summed E-state index contributed by atoms with van der Waals surface area (Å²) in [5.41, 5.74) is 4.61. The summed E-state index contributed by atoms with van der Waals surface area (Å²) in [7, 11) is 0. The van der Waals surface area contributed by atoms with Crippen molar-refractivity contribution >= 4 is 18.0 Å². The Morgan fingerprint density at radius 1 is 1.06 bits per heavy atom. The zero-order valence-corrected chi connectivity index (χ0v) is 18.1. The highest BCUT2D eigenvalue weighted by molar-refractivity contribution is 5.80. The van der Waals surface area contributed by atoms with Crippen molar-refractivity contribution in [2.45, 2.75) is 50.6 Å². The zero-order valence-electron chi connectivity index (χ0n) is 18.1. The Kier molecular flexibility index (Phi) is 6.44. The fourth-order valence-corrected chi connectivity index (χ4v) is 4.38. The van der Waals surface area contributed by atoms with Gasteiger partial charge in [-0.25, -0.2) is 4.79 Å². The molecular formula is C25H28N2O5. The van der Waals surface area contributed by atoms with Crippen LogP contribution in [0.2, 0.25) is 0 Å². The van der Waals surface area contributed by atoms with Crippen molar-refractivity contribution in [1.29, 1.82) is 0 Å². The maximum absolute atomic E-state index is 12.6. The Bertz CT molecular complexity index is 971. The number of nitrogens with one attached hydrogen (secondary N) is 1. The van der Waals surface area contributed by atoms with E-state index in [1.54, 1.807) is 11.8 Å². The van der Waals surface area contributed by atoms with Crippen LogP contribution in [0.25, 0.3) is 11.1 Å². The fraction of sp³-hybridized carbons (Fsp3) is 0.400. The van der Waals surface area contributed by atoms with Crippen LogP contribution in [-0.4, -0.2) is 53.2 Å². The van der Waals surface area contributed by atoms with Gasteiger partial charge in [0.2, 0.25) is 5.91 Å². The Hall–Kier alpha value is -3.35. The van der Waals surface area contributed by atoms with Crippen LogP contribution >= 0.6 is 0 Å². The van der Waals surface area contributed by atoms with Gasteiger partial charge in [-0.15, -0.1) is 0 Å². The number of carboxylic acid groups (broad SMARTS) is 1. The number of alkyl carbamates (subject to hydrolysis) is 1. The average molecular weight is 437 g/mol. The lowest BCUT2D eigenvalue weighted by Crippen LogP contribution is -2.41. The lowest BCUT2D eigenvalue weighted by molar-refractivity contribution is -0.138. The van der Waals surface area contributed by atoms with Crippen LogP contribution in [0.5, 0.6) is 0 Å². The van der Waals surface area contributed by atoms with Gasteiger partial charge in [0.25, 0.3) is 0 Å². The summed E-state index contributed by atoms with van der Waals surface area (Å²) in [5.74, 6) is -1.08. The topological polar surface area (TPSA) is 95.9 Å². The van der Waals surface area contributed by atoms with Gasteiger partial charge >= 0.3 is 12.1 Å². The Morgan fingerprint density at radius 3 is 2.22 bits per heavy atom. The first-order valence-corrected chi connectivity index (χ1v) is 11.1. The zero-order chi connectivity index (χ0) is 22.7. The molecule has 2 aliphatic rings. The second-order valence-electron chi connectivity index (χ2n) is 8.54. The Labute approximate surface area is 187 Å². The van der Waals surface area contributed by atoms with Crippen LogP contribution in [0.4, 0.5) is 4.79 Å². The van der Waals surface area contributed by atoms with E-state index in [9.17, 15) is 14.4 Å². The van der Waals surface area contributed by atoms with E-state index < -0.39 is 18.1 Å². The molecule has 2 aliphatic carbocycles. The minimum Gasteiger partial charge on any atom is -0.481 e. The van der Waals surface area contributed by atoms with Crippen LogP contribution in [-0.2, 0) is 14.3 Å². The summed E-state index contributed by atoms with van der Waals surface area (Å²) in [6.07, 6.45) is 1.28. The maximum atomic E-state index is 12.6. The second-order valence-corrected chi connectivity index (χ2v) is 8.54. The van der Waals surface area contributed by atoms with E-state index in [4.69, 9.17) is 9.84 Å². The quantitative estimate of drug-likeness (QED) is 0.624. The van der Waals surface area contributed by atoms with Crippen LogP contribution in [0.15, 0.2) is 48.5 Å². The summed E-state index contributed by atoms with van der Waals surface area (Å²) in [4.78, 5) is 37.5. The monoisotopic (exact) mass is 436 g/mol. The van der Waals surface area contributed by atoms with Gasteiger partial charge in [0, 0.05) is 31.0 Å². The number of carbonyl (C=O) groups excluding carboxylic acids is 2. The largest absolute Gasteiger partial charge is 0.481 e. The minimum atomic E-state index is -0.923. The molecular weight excluding hydrogens is 408 g/mol. The molecule has 1 saturated carbocycles. The van der Waals surface area contributed by atoms with Crippen molar-refractivity contribution in [3.8, 4) is 11.1 Å². The van der Waals surface area contributed by atoms with Crippen molar-refractivity contribution in [1.82, 2.24) is 10.2 Å². The third-order valence-corrected chi connectivity index (χ3v) is 6.06. The summed E-state index contributed by atoms with van der Waals surface area (Å²) in [6.45, 7) is 2.17. The molecule has 0 aliphatic heterocycles. The van der Waals surface area contributed by atoms with Gasteiger partial charge in [-0.05, 0) is 42.0 Å². The number of hydrogen-bond acceptors (Lipinski definition) is 4. The standard InChI is InChI=1S/C25H28N2O5/c1-16(14-23(28)27(17-10-11-17)13-12-24(29)30)26-25(31)32-15-22-20-8-4-2-6-18(20)19-7-3-5-9-21(19)22/h2-9,16-17,22H,10-15H2,1H3,(H,26,31)(H,29,30)/t16-/m1/s1. The number of ether oxygens (including phenoxy) is 1. The van der Waals surface area contributed by atoms with E-state index in [0.717, 1.165) is 35.1 Å². The third kappa shape index (κ3) is 4.93. The molecule has 7 heteroatoms. The van der Waals surface area contributed by atoms with Gasteiger partial charge in [0.15, 0.2) is 0 Å². The highest BCUT2D eigenvalue weighted by Gasteiger charge is 2.33. The highest BCUT2D eigenvalue weighted by atomic mass is 16.5. The first kappa shape index (κ1) is 21.9. The number of hydrogen-bond donors (Lipinski definition) is 2. The van der Waals surface area contributed by atoms with Crippen molar-refractivity contribution < 1.29 is 24.2 Å². The molecule has 2 aromatic carbocycles. The molecule has 4 rings (SSSR count). The van der Waals surface area contributed by atoms with Crippen molar-refractivity contribution in [3.05, 3.63) is 59.7 Å². The molecule has 1 fully saturated rings. The molecule has 2 N–H and O–H groups in total. The van der Waals surface area contributed by atoms with Gasteiger partial charge in [0.1, 0.15) is 6.61 Å². The average Bonchev–Trinajstić information content (AvgIpc) is 3.54. The fourth-order valence-electron chi connectivity index (χ4n) is 4.38. The molecule has 2 amide bonds. The van der Waals surface area contributed by atoms with Crippen LogP contribution in [0.3, 0.4) is 0 Å². The van der Waals surface area contributed by atoms with Crippen molar-refractivity contribution in [2.75, 3.05) is 13.2 Å². The molecule has 0 spiro atoms. The lowest BCUT2D eigenvalue weighted by Gasteiger charge is -2.24. The molecule has 7 nitrogen and oxygen atoms in total. The summed E-state index contributed by atoms with van der Waals surface area (Å²) in [5, 5.41) is 11.6. The maximum Gasteiger partial charge on any atom is 0.407 e. The SMILES string of the molecule is C[C@H](CC(=O)N(CCC(=O)O)C1CC1)NC(=O)OCC1c2ccccc2-c2ccccc21. The molecule has 0 bridgehead atoms. The van der Waals surface area contributed by atoms with E-state index in [1.165, 1.54) is 0 Å². The molecule has 0 unspecified atom stereocenters. The first-order chi connectivity index (χ1) is 15.4. The van der Waals surface area contributed by atoms with Gasteiger partial charge in [-0.3, -0.25) is 9.59 Å². The molecule has 0 aromatic heterocycles. The predicted octanol–water partition coefficient (Wildman–Crippen LogP) is 3.77. The third-order valence-electron chi connectivity index (χ3n) is 6.06. The van der Waals surface area contributed by atoms with E-state index in [0.29, 0.717) is 0 Å². The van der Waals surface area contributed by atoms with Crippen molar-refractivity contribution in [3.63, 3.8) is 0 Å². The van der Waals surface area contributed by atoms with Crippen molar-refractivity contribution in [2.24, 2.45) is 0 Å². The van der Waals surface area contributed by atoms with Crippen LogP contribution in [0.1, 0.15) is 49.7 Å². The number of rotatable bonds is 9. The Morgan fingerprint density at radius 2 is 1.66 bits per heavy atom. The van der Waals surface area contributed by atoms with Crippen LogP contribution in [0, 0.1) is 0 Å². The molecule has 1 atom stereocenters. The van der Waals surface area contributed by atoms with E-state index >= 15 is 0 Å². The number of carbonyl (C=O) groups is 3. The summed E-state index contributed by atoms with van der Waals surface area (Å²) >= 11 is 0. The van der Waals surface area contributed by atoms with Gasteiger partial charge in [-0.1, -0.05) is 48.5 Å². The van der Waals surface area contributed by atoms with E-state index in [1.807, 2.05) is 24.3 Å².